The molecule has 2 saturated heterocycles. The van der Waals surface area contributed by atoms with Crippen molar-refractivity contribution in [2.75, 3.05) is 54.5 Å². The number of pyridine rings is 4. The van der Waals surface area contributed by atoms with Crippen molar-refractivity contribution in [2.45, 2.75) is 51.6 Å². The van der Waals surface area contributed by atoms with E-state index in [0.717, 1.165) is 93.3 Å². The van der Waals surface area contributed by atoms with Gasteiger partial charge >= 0.3 is 0 Å². The molecule has 322 valence electrons. The van der Waals surface area contributed by atoms with Crippen molar-refractivity contribution in [2.24, 2.45) is 14.1 Å². The Balaban J connectivity index is 0.000000160. The number of nitrogens with zero attached hydrogens (tertiary/aromatic N) is 13. The van der Waals surface area contributed by atoms with E-state index in [1.54, 1.807) is 12.4 Å². The van der Waals surface area contributed by atoms with Crippen molar-refractivity contribution < 1.29 is 0 Å². The van der Waals surface area contributed by atoms with E-state index in [-0.39, 0.29) is 0 Å². The lowest BCUT2D eigenvalue weighted by atomic mass is 10.1. The van der Waals surface area contributed by atoms with Crippen LogP contribution in [0.5, 0.6) is 0 Å². The number of anilines is 6. The predicted octanol–water partition coefficient (Wildman–Crippen LogP) is 6.48. The average molecular weight is 845 g/mol. The Morgan fingerprint density at radius 2 is 1.05 bits per heavy atom. The van der Waals surface area contributed by atoms with Crippen molar-refractivity contribution >= 4 is 57.0 Å². The Kier molecular flexibility index (Phi) is 11.5. The minimum atomic E-state index is 0.380. The lowest BCUT2D eigenvalue weighted by Gasteiger charge is -2.36. The minimum Gasteiger partial charge on any atom is -0.363 e. The summed E-state index contributed by atoms with van der Waals surface area (Å²) in [5, 5.41) is 42.6. The molecule has 0 aromatic carbocycles. The fourth-order valence-electron chi connectivity index (χ4n) is 7.41. The fourth-order valence-corrected chi connectivity index (χ4v) is 7.41. The number of rotatable bonds is 12. The van der Waals surface area contributed by atoms with Gasteiger partial charge in [0.05, 0.1) is 46.5 Å². The van der Waals surface area contributed by atoms with Crippen LogP contribution in [-0.4, -0.2) is 110 Å². The Morgan fingerprint density at radius 1 is 0.571 bits per heavy atom. The third-order valence-electron chi connectivity index (χ3n) is 11.1. The molecule has 0 unspecified atom stereocenters. The van der Waals surface area contributed by atoms with Crippen LogP contribution in [0.25, 0.3) is 44.3 Å². The van der Waals surface area contributed by atoms with Crippen LogP contribution in [-0.2, 0) is 14.1 Å². The molecule has 10 rings (SSSR count). The molecule has 18 heteroatoms. The van der Waals surface area contributed by atoms with Crippen LogP contribution in [0.4, 0.5) is 34.9 Å². The molecular formula is C45H52N18. The number of likely N-dealkylation sites (N-methyl/N-ethyl adjacent to an activating group) is 1. The van der Waals surface area contributed by atoms with Gasteiger partial charge < -0.3 is 31.5 Å². The Morgan fingerprint density at radius 3 is 1.48 bits per heavy atom. The highest BCUT2D eigenvalue weighted by Crippen LogP contribution is 2.32. The van der Waals surface area contributed by atoms with Crippen LogP contribution < -0.4 is 26.6 Å². The molecule has 2 aliphatic heterocycles. The molecule has 0 bridgehead atoms. The first-order chi connectivity index (χ1) is 30.5. The van der Waals surface area contributed by atoms with Gasteiger partial charge in [0.15, 0.2) is 23.3 Å². The summed E-state index contributed by atoms with van der Waals surface area (Å²) in [6.45, 7) is 12.5. The topological polar surface area (TPSA) is 202 Å². The molecule has 5 N–H and O–H groups in total. The van der Waals surface area contributed by atoms with Gasteiger partial charge in [-0.2, -0.15) is 20.4 Å². The van der Waals surface area contributed by atoms with Gasteiger partial charge in [-0.25, -0.2) is 9.97 Å². The first-order valence-electron chi connectivity index (χ1n) is 21.2. The maximum Gasteiger partial charge on any atom is 0.156 e. The summed E-state index contributed by atoms with van der Waals surface area (Å²) in [5.74, 6) is 5.26. The zero-order valence-corrected chi connectivity index (χ0v) is 36.5. The SMILES string of the molecule is CC(C)c1cnnc(Nc2ccc3ncc(-c4cn(C)nc4NC4CN(C)C4)cc3n2)c1.CC(C)c1cnnc(Nc2ccc3ncc(-c4cn(C)nc4NC4CNC4)cc3n2)c1. The summed E-state index contributed by atoms with van der Waals surface area (Å²) in [6, 6.07) is 16.6. The molecule has 8 aromatic rings. The third-order valence-corrected chi connectivity index (χ3v) is 11.1. The number of aryl methyl sites for hydroxylation is 2. The van der Waals surface area contributed by atoms with E-state index in [1.165, 1.54) is 0 Å². The molecule has 0 radical (unpaired) electrons. The molecule has 0 spiro atoms. The number of hydrogen-bond acceptors (Lipinski definition) is 16. The first-order valence-corrected chi connectivity index (χ1v) is 21.2. The second kappa shape index (κ2) is 17.7. The summed E-state index contributed by atoms with van der Waals surface area (Å²) < 4.78 is 3.65. The van der Waals surface area contributed by atoms with E-state index in [1.807, 2.05) is 90.7 Å². The molecule has 18 nitrogen and oxygen atoms in total. The average Bonchev–Trinajstić information content (AvgIpc) is 3.82. The number of likely N-dealkylation sites (tertiary alicyclic amines) is 1. The lowest BCUT2D eigenvalue weighted by molar-refractivity contribution is 0.205. The summed E-state index contributed by atoms with van der Waals surface area (Å²) in [4.78, 5) is 21.0. The summed E-state index contributed by atoms with van der Waals surface area (Å²) in [6.07, 6.45) is 11.4. The van der Waals surface area contributed by atoms with E-state index < -0.39 is 0 Å². The molecule has 2 aliphatic rings. The van der Waals surface area contributed by atoms with Crippen LogP contribution in [0.1, 0.15) is 50.7 Å². The highest BCUT2D eigenvalue weighted by molar-refractivity contribution is 5.86. The van der Waals surface area contributed by atoms with Crippen LogP contribution in [0, 0.1) is 0 Å². The number of hydrogen-bond donors (Lipinski definition) is 5. The van der Waals surface area contributed by atoms with Crippen molar-refractivity contribution in [1.29, 1.82) is 0 Å². The van der Waals surface area contributed by atoms with Gasteiger partial charge in [-0.1, -0.05) is 27.7 Å². The second-order valence-electron chi connectivity index (χ2n) is 16.9. The Hall–Kier alpha value is -7.18. The molecule has 0 saturated carbocycles. The summed E-state index contributed by atoms with van der Waals surface area (Å²) in [7, 11) is 5.98. The second-order valence-corrected chi connectivity index (χ2v) is 16.9. The van der Waals surface area contributed by atoms with Gasteiger partial charge in [0.2, 0.25) is 0 Å². The molecule has 0 amide bonds. The highest BCUT2D eigenvalue weighted by Gasteiger charge is 2.25. The van der Waals surface area contributed by atoms with Crippen molar-refractivity contribution in [3.05, 3.63) is 96.8 Å². The molecule has 10 heterocycles. The Labute approximate surface area is 365 Å². The van der Waals surface area contributed by atoms with Crippen LogP contribution in [0.3, 0.4) is 0 Å². The summed E-state index contributed by atoms with van der Waals surface area (Å²) in [5.41, 5.74) is 9.51. The smallest absolute Gasteiger partial charge is 0.156 e. The summed E-state index contributed by atoms with van der Waals surface area (Å²) >= 11 is 0. The number of aromatic nitrogens is 12. The van der Waals surface area contributed by atoms with Crippen LogP contribution >= 0.6 is 0 Å². The van der Waals surface area contributed by atoms with Gasteiger partial charge in [-0.05, 0) is 78.5 Å². The van der Waals surface area contributed by atoms with E-state index in [0.29, 0.717) is 47.2 Å². The van der Waals surface area contributed by atoms with E-state index in [4.69, 9.17) is 9.97 Å². The van der Waals surface area contributed by atoms with Gasteiger partial charge in [0, 0.05) is 87.3 Å². The first kappa shape index (κ1) is 41.2. The quantitative estimate of drug-likeness (QED) is 0.0893. The molecule has 0 aliphatic carbocycles. The number of nitrogens with one attached hydrogen (secondary N) is 5. The normalized spacial score (nSPS) is 14.4. The minimum absolute atomic E-state index is 0.380. The Bertz CT molecular complexity index is 2870. The molecular weight excluding hydrogens is 793 g/mol. The predicted molar refractivity (Wildman–Crippen MR) is 247 cm³/mol. The fraction of sp³-hybridized carbons (Fsp3) is 0.333. The molecule has 8 aromatic heterocycles. The lowest BCUT2D eigenvalue weighted by Crippen LogP contribution is -2.52. The van der Waals surface area contributed by atoms with Gasteiger partial charge in [0.1, 0.15) is 11.6 Å². The molecule has 0 atom stereocenters. The standard InChI is InChI=1S/C23H27N9.C22H25N9/c1-14(2)15-8-22(29-25-10-15)28-21-6-5-19-20(27-21)7-16(9-24-19)18-13-32(4)30-23(18)26-17-11-31(3)12-17;1-13(2)14-7-21(29-25-9-14)28-20-5-4-18-19(27-20)6-15(8-24-18)17-12-31(3)30-22(17)26-16-10-23-11-16/h5-10,13-14,17H,11-12H2,1-4H3,(H,26,30)(H,27,28,29);4-9,12-13,16,23H,10-11H2,1-3H3,(H,26,30)(H,27,28,29). The molecule has 2 fully saturated rings. The third kappa shape index (κ3) is 9.51. The number of fused-ring (bicyclic) bond motifs is 2. The largest absolute Gasteiger partial charge is 0.363 e. The van der Waals surface area contributed by atoms with Gasteiger partial charge in [-0.15, -0.1) is 10.2 Å². The van der Waals surface area contributed by atoms with Gasteiger partial charge in [-0.3, -0.25) is 19.3 Å². The van der Waals surface area contributed by atoms with E-state index in [2.05, 4.69) is 113 Å². The highest BCUT2D eigenvalue weighted by atomic mass is 15.3. The zero-order chi connectivity index (χ0) is 43.6. The van der Waals surface area contributed by atoms with Crippen molar-refractivity contribution in [3.63, 3.8) is 0 Å². The van der Waals surface area contributed by atoms with E-state index >= 15 is 0 Å². The molecule has 63 heavy (non-hydrogen) atoms. The van der Waals surface area contributed by atoms with Crippen molar-refractivity contribution in [3.8, 4) is 22.3 Å². The van der Waals surface area contributed by atoms with Crippen LogP contribution in [0.2, 0.25) is 0 Å². The monoisotopic (exact) mass is 844 g/mol. The van der Waals surface area contributed by atoms with E-state index in [9.17, 15) is 0 Å². The maximum atomic E-state index is 4.77. The maximum absolute atomic E-state index is 4.77. The zero-order valence-electron chi connectivity index (χ0n) is 36.5. The van der Waals surface area contributed by atoms with Gasteiger partial charge in [0.25, 0.3) is 0 Å². The van der Waals surface area contributed by atoms with Crippen LogP contribution in [0.15, 0.2) is 85.7 Å². The van der Waals surface area contributed by atoms with Crippen molar-refractivity contribution in [1.82, 2.24) is 70.1 Å².